The normalized spacial score (nSPS) is 13.1. The maximum Gasteiger partial charge on any atom is 0.320 e. The third kappa shape index (κ3) is 5.28. The van der Waals surface area contributed by atoms with Gasteiger partial charge in [-0.2, -0.15) is 0 Å². The molecule has 0 aliphatic carbocycles. The highest BCUT2D eigenvalue weighted by atomic mass is 32.2. The zero-order valence-electron chi connectivity index (χ0n) is 13.6. The molecular weight excluding hydrogens is 344 g/mol. The lowest BCUT2D eigenvalue weighted by atomic mass is 10.0. The summed E-state index contributed by atoms with van der Waals surface area (Å²) in [5.41, 5.74) is 7.54. The third-order valence-corrected chi connectivity index (χ3v) is 4.34. The largest absolute Gasteiger partial charge is 0.755 e. The fourth-order valence-electron chi connectivity index (χ4n) is 2.28. The van der Waals surface area contributed by atoms with Crippen LogP contribution in [0.25, 0.3) is 0 Å². The predicted octanol–water partition coefficient (Wildman–Crippen LogP) is 1.45. The zero-order chi connectivity index (χ0) is 18.4. The Morgan fingerprint density at radius 3 is 2.48 bits per heavy atom. The van der Waals surface area contributed by atoms with E-state index in [2.05, 4.69) is 0 Å². The Morgan fingerprint density at radius 2 is 1.92 bits per heavy atom. The molecule has 0 saturated carbocycles. The highest BCUT2D eigenvalue weighted by Gasteiger charge is 2.13. The van der Waals surface area contributed by atoms with E-state index in [4.69, 9.17) is 15.6 Å². The first kappa shape index (κ1) is 18.9. The third-order valence-electron chi connectivity index (χ3n) is 3.64. The van der Waals surface area contributed by atoms with Crippen molar-refractivity contribution in [1.29, 1.82) is 0 Å². The summed E-state index contributed by atoms with van der Waals surface area (Å²) in [7, 11) is 1.51. The van der Waals surface area contributed by atoms with E-state index < -0.39 is 23.3 Å². The quantitative estimate of drug-likeness (QED) is 0.686. The summed E-state index contributed by atoms with van der Waals surface area (Å²) in [4.78, 5) is 10.8. The molecule has 0 aromatic heterocycles. The molecule has 0 aliphatic rings. The van der Waals surface area contributed by atoms with Crippen LogP contribution in [0.5, 0.6) is 5.75 Å². The summed E-state index contributed by atoms with van der Waals surface area (Å²) in [6.07, 6.45) is 0.211. The molecule has 0 amide bonds. The Balaban J connectivity index is 2.14. The molecule has 8 heteroatoms. The van der Waals surface area contributed by atoms with Gasteiger partial charge in [-0.05, 0) is 29.7 Å². The summed E-state index contributed by atoms with van der Waals surface area (Å²) >= 11 is -2.46. The van der Waals surface area contributed by atoms with Gasteiger partial charge < -0.3 is 20.1 Å². The van der Waals surface area contributed by atoms with Gasteiger partial charge in [0.15, 0.2) is 0 Å². The lowest BCUT2D eigenvalue weighted by Crippen LogP contribution is -2.32. The number of ether oxygens (including phenoxy) is 1. The van der Waals surface area contributed by atoms with Crippen molar-refractivity contribution in [1.82, 2.24) is 0 Å². The van der Waals surface area contributed by atoms with Crippen molar-refractivity contribution in [2.45, 2.75) is 19.0 Å². The van der Waals surface area contributed by atoms with Crippen molar-refractivity contribution >= 4 is 22.9 Å². The van der Waals surface area contributed by atoms with Crippen LogP contribution in [0.1, 0.15) is 11.1 Å². The van der Waals surface area contributed by atoms with Crippen molar-refractivity contribution in [3.05, 3.63) is 59.7 Å². The van der Waals surface area contributed by atoms with Gasteiger partial charge in [0, 0.05) is 17.3 Å². The molecule has 2 aromatic carbocycles. The fraction of sp³-hybridized carbons (Fsp3) is 0.235. The average Bonchev–Trinajstić information content (AvgIpc) is 2.60. The minimum atomic E-state index is -2.46. The summed E-state index contributed by atoms with van der Waals surface area (Å²) in [6, 6.07) is 12.8. The highest BCUT2D eigenvalue weighted by Crippen LogP contribution is 2.23. The highest BCUT2D eigenvalue weighted by molar-refractivity contribution is 7.80. The first-order valence-electron chi connectivity index (χ1n) is 7.48. The molecule has 0 spiro atoms. The molecule has 2 atom stereocenters. The second-order valence-corrected chi connectivity index (χ2v) is 6.30. The van der Waals surface area contributed by atoms with Crippen LogP contribution in [0, 0.1) is 0 Å². The van der Waals surface area contributed by atoms with Crippen molar-refractivity contribution in [3.8, 4) is 5.75 Å². The molecule has 25 heavy (non-hydrogen) atoms. The fourth-order valence-corrected chi connectivity index (χ4v) is 2.82. The van der Waals surface area contributed by atoms with E-state index in [0.717, 1.165) is 11.1 Å². The lowest BCUT2D eigenvalue weighted by Gasteiger charge is -2.27. The van der Waals surface area contributed by atoms with Gasteiger partial charge in [-0.3, -0.25) is 13.3 Å². The number of hydrogen-bond donors (Lipinski definition) is 2. The molecule has 134 valence electrons. The van der Waals surface area contributed by atoms with Crippen LogP contribution in [0.2, 0.25) is 0 Å². The van der Waals surface area contributed by atoms with Crippen LogP contribution in [-0.2, 0) is 29.0 Å². The molecule has 1 unspecified atom stereocenters. The molecule has 7 nitrogen and oxygen atoms in total. The molecule has 0 fully saturated rings. The van der Waals surface area contributed by atoms with Crippen LogP contribution in [0.4, 0.5) is 5.69 Å². The number of carbonyl (C=O) groups is 1. The number of rotatable bonds is 8. The summed E-state index contributed by atoms with van der Waals surface area (Å²) in [5.74, 6) is -0.499. The number of anilines is 1. The summed E-state index contributed by atoms with van der Waals surface area (Å²) in [5, 5.41) is 8.84. The second-order valence-electron chi connectivity index (χ2n) is 5.42. The number of methoxy groups -OCH3 is 1. The van der Waals surface area contributed by atoms with E-state index >= 15 is 0 Å². The average molecular weight is 363 g/mol. The number of carboxylic acids is 1. The zero-order valence-corrected chi connectivity index (χ0v) is 14.4. The molecule has 0 bridgehead atoms. The lowest BCUT2D eigenvalue weighted by molar-refractivity contribution is -0.138. The van der Waals surface area contributed by atoms with Gasteiger partial charge in [0.2, 0.25) is 0 Å². The molecule has 3 N–H and O–H groups in total. The minimum Gasteiger partial charge on any atom is -0.755 e. The molecule has 0 aliphatic heterocycles. The van der Waals surface area contributed by atoms with E-state index in [1.54, 1.807) is 48.5 Å². The SMILES string of the molecule is COc1cccc(N(Cc2ccc(C[C@H](N)C(=O)O)cc2)S(=O)[O-])c1. The van der Waals surface area contributed by atoms with Crippen LogP contribution in [0.15, 0.2) is 48.5 Å². The molecule has 0 heterocycles. The van der Waals surface area contributed by atoms with Gasteiger partial charge in [-0.1, -0.05) is 30.3 Å². The number of nitrogens with zero attached hydrogens (tertiary/aromatic N) is 1. The van der Waals surface area contributed by atoms with Gasteiger partial charge >= 0.3 is 5.97 Å². The van der Waals surface area contributed by atoms with E-state index in [1.165, 1.54) is 11.4 Å². The number of nitrogens with two attached hydrogens (primary N) is 1. The first-order chi connectivity index (χ1) is 11.9. The van der Waals surface area contributed by atoms with Crippen LogP contribution < -0.4 is 14.8 Å². The summed E-state index contributed by atoms with van der Waals surface area (Å²) in [6.45, 7) is 0.147. The van der Waals surface area contributed by atoms with Crippen LogP contribution >= 0.6 is 0 Å². The Labute approximate surface area is 148 Å². The molecule has 2 rings (SSSR count). The van der Waals surface area contributed by atoms with Crippen LogP contribution in [-0.4, -0.2) is 33.0 Å². The van der Waals surface area contributed by atoms with Gasteiger partial charge in [-0.15, -0.1) is 0 Å². The maximum atomic E-state index is 11.6. The van der Waals surface area contributed by atoms with Crippen LogP contribution in [0.3, 0.4) is 0 Å². The predicted molar refractivity (Wildman–Crippen MR) is 93.9 cm³/mol. The van der Waals surface area contributed by atoms with Crippen molar-refractivity contribution < 1.29 is 23.4 Å². The van der Waals surface area contributed by atoms with Gasteiger partial charge in [0.05, 0.1) is 19.3 Å². The molecule has 0 saturated heterocycles. The number of aliphatic carboxylic acids is 1. The topological polar surface area (TPSA) is 116 Å². The van der Waals surface area contributed by atoms with Crippen molar-refractivity contribution in [3.63, 3.8) is 0 Å². The van der Waals surface area contributed by atoms with Crippen molar-refractivity contribution in [2.75, 3.05) is 11.4 Å². The number of hydrogen-bond acceptors (Lipinski definition) is 5. The van der Waals surface area contributed by atoms with Gasteiger partial charge in [0.1, 0.15) is 11.8 Å². The smallest absolute Gasteiger partial charge is 0.320 e. The minimum absolute atomic E-state index is 0.147. The van der Waals surface area contributed by atoms with Crippen molar-refractivity contribution in [2.24, 2.45) is 5.73 Å². The summed E-state index contributed by atoms with van der Waals surface area (Å²) < 4.78 is 29.5. The molecule has 2 aromatic rings. The maximum absolute atomic E-state index is 11.6. The monoisotopic (exact) mass is 363 g/mol. The van der Waals surface area contributed by atoms with E-state index in [1.807, 2.05) is 0 Å². The number of carboxylic acid groups (broad SMARTS) is 1. The van der Waals surface area contributed by atoms with Gasteiger partial charge in [-0.25, -0.2) is 0 Å². The second kappa shape index (κ2) is 8.61. The molecular formula is C17H19N2O5S-. The standard InChI is InChI=1S/C17H20N2O5S/c1-24-15-4-2-3-14(10-15)19(25(22)23)11-13-7-5-12(6-8-13)9-16(18)17(20)21/h2-8,10,16H,9,11,18H2,1H3,(H,20,21)(H,22,23)/p-1/t16-/m0/s1. The number of benzene rings is 2. The Kier molecular flexibility index (Phi) is 6.51. The van der Waals surface area contributed by atoms with E-state index in [-0.39, 0.29) is 13.0 Å². The Morgan fingerprint density at radius 1 is 1.28 bits per heavy atom. The Hall–Kier alpha value is -2.42. The molecule has 0 radical (unpaired) electrons. The van der Waals surface area contributed by atoms with E-state index in [0.29, 0.717) is 11.4 Å². The Bertz CT molecular complexity index is 751. The van der Waals surface area contributed by atoms with E-state index in [9.17, 15) is 13.6 Å². The van der Waals surface area contributed by atoms with Gasteiger partial charge in [0.25, 0.3) is 0 Å². The first-order valence-corrected chi connectivity index (χ1v) is 8.51.